The van der Waals surface area contributed by atoms with E-state index in [0.29, 0.717) is 58.2 Å². The number of ether oxygens (including phenoxy) is 3. The van der Waals surface area contributed by atoms with Gasteiger partial charge in [-0.2, -0.15) is 15.1 Å². The molecule has 10 rings (SSSR count). The molecule has 5 aliphatic rings. The van der Waals surface area contributed by atoms with Crippen LogP contribution in [-0.4, -0.2) is 119 Å². The summed E-state index contributed by atoms with van der Waals surface area (Å²) in [4.78, 5) is 17.5. The van der Waals surface area contributed by atoms with Crippen molar-refractivity contribution in [2.75, 3.05) is 64.6 Å². The third kappa shape index (κ3) is 5.88. The first-order valence-electron chi connectivity index (χ1n) is 19.5. The molecule has 1 aliphatic carbocycles. The van der Waals surface area contributed by atoms with E-state index in [4.69, 9.17) is 35.7 Å². The third-order valence-electron chi connectivity index (χ3n) is 12.7. The van der Waals surface area contributed by atoms with E-state index in [9.17, 15) is 5.11 Å². The van der Waals surface area contributed by atoms with E-state index in [1.54, 1.807) is 18.8 Å². The Hall–Kier alpha value is -4.61. The number of phenols is 1. The van der Waals surface area contributed by atoms with Gasteiger partial charge in [-0.1, -0.05) is 12.0 Å². The second-order valence-corrected chi connectivity index (χ2v) is 16.4. The van der Waals surface area contributed by atoms with Crippen molar-refractivity contribution in [3.05, 3.63) is 47.7 Å². The minimum absolute atomic E-state index is 0.0109. The van der Waals surface area contributed by atoms with Crippen molar-refractivity contribution in [1.82, 2.24) is 29.5 Å². The summed E-state index contributed by atoms with van der Waals surface area (Å²) >= 11 is 0. The SMILES string of the molecule is C#Cc1c(F)ccc2cc(O)cc(-c3c(F)c4nc(OCC5(CN6C[C@H]7C[C@@H]6CO7)CC5)nc(N5[C@@H]6CC[C@H]5CN(CCCOC)C6)c4c4cn(C)nc34)c12. The molecule has 3 aromatic carbocycles. The van der Waals surface area contributed by atoms with Crippen molar-refractivity contribution < 1.29 is 28.1 Å². The van der Waals surface area contributed by atoms with Gasteiger partial charge in [0.1, 0.15) is 28.4 Å². The summed E-state index contributed by atoms with van der Waals surface area (Å²) in [5.41, 5.74) is 0.721. The van der Waals surface area contributed by atoms with Gasteiger partial charge in [0, 0.05) is 99.6 Å². The number of nitrogens with zero attached hydrogens (tertiary/aromatic N) is 7. The number of aryl methyl sites for hydroxylation is 1. The van der Waals surface area contributed by atoms with Gasteiger partial charge >= 0.3 is 6.01 Å². The molecule has 0 spiro atoms. The number of rotatable bonds is 11. The zero-order valence-electron chi connectivity index (χ0n) is 31.2. The molecule has 5 fully saturated rings. The smallest absolute Gasteiger partial charge is 0.319 e. The maximum Gasteiger partial charge on any atom is 0.319 e. The number of likely N-dealkylation sites (tertiary alicyclic amines) is 2. The second kappa shape index (κ2) is 13.3. The summed E-state index contributed by atoms with van der Waals surface area (Å²) in [6.45, 7) is 6.48. The van der Waals surface area contributed by atoms with Gasteiger partial charge in [-0.15, -0.1) is 6.42 Å². The Labute approximate surface area is 318 Å². The highest BCUT2D eigenvalue weighted by atomic mass is 19.1. The molecule has 0 amide bonds. The molecule has 286 valence electrons. The monoisotopic (exact) mass is 749 g/mol. The number of halogens is 2. The normalized spacial score (nSPS) is 24.5. The van der Waals surface area contributed by atoms with Crippen LogP contribution in [0.15, 0.2) is 30.5 Å². The number of hydrogen-bond donors (Lipinski definition) is 1. The number of piperazine rings is 1. The van der Waals surface area contributed by atoms with Crippen LogP contribution in [0.3, 0.4) is 0 Å². The van der Waals surface area contributed by atoms with Crippen LogP contribution >= 0.6 is 0 Å². The Balaban J connectivity index is 1.13. The lowest BCUT2D eigenvalue weighted by Crippen LogP contribution is -2.54. The van der Waals surface area contributed by atoms with E-state index >= 15 is 8.78 Å². The lowest BCUT2D eigenvalue weighted by atomic mass is 9.91. The molecule has 13 heteroatoms. The first-order valence-corrected chi connectivity index (χ1v) is 19.5. The summed E-state index contributed by atoms with van der Waals surface area (Å²) in [6.07, 6.45) is 14.2. The summed E-state index contributed by atoms with van der Waals surface area (Å²) in [6, 6.07) is 6.65. The highest BCUT2D eigenvalue weighted by Crippen LogP contribution is 2.50. The first-order chi connectivity index (χ1) is 26.7. The molecule has 0 unspecified atom stereocenters. The van der Waals surface area contributed by atoms with E-state index in [1.165, 1.54) is 24.3 Å². The van der Waals surface area contributed by atoms with Crippen LogP contribution in [0.1, 0.15) is 44.1 Å². The zero-order chi connectivity index (χ0) is 37.6. The van der Waals surface area contributed by atoms with E-state index in [2.05, 4.69) is 20.6 Å². The molecule has 0 radical (unpaired) electrons. The van der Waals surface area contributed by atoms with Gasteiger partial charge in [0.2, 0.25) is 0 Å². The van der Waals surface area contributed by atoms with Crippen LogP contribution in [0.25, 0.3) is 43.7 Å². The Kier molecular flexibility index (Phi) is 8.40. The number of benzene rings is 3. The molecule has 2 aromatic heterocycles. The molecule has 5 aromatic rings. The Morgan fingerprint density at radius 2 is 1.87 bits per heavy atom. The van der Waals surface area contributed by atoms with Crippen LogP contribution < -0.4 is 9.64 Å². The van der Waals surface area contributed by atoms with Gasteiger partial charge in [-0.3, -0.25) is 14.5 Å². The number of morpholine rings is 1. The molecular weight excluding hydrogens is 705 g/mol. The maximum atomic E-state index is 17.8. The Bertz CT molecular complexity index is 2380. The van der Waals surface area contributed by atoms with Crippen LogP contribution in [0.2, 0.25) is 0 Å². The van der Waals surface area contributed by atoms with E-state index < -0.39 is 11.6 Å². The first kappa shape index (κ1) is 34.8. The number of fused-ring (bicyclic) bond motifs is 8. The van der Waals surface area contributed by atoms with Gasteiger partial charge in [-0.25, -0.2) is 8.78 Å². The summed E-state index contributed by atoms with van der Waals surface area (Å²) in [5, 5.41) is 17.7. The van der Waals surface area contributed by atoms with E-state index in [1.807, 2.05) is 6.20 Å². The number of methoxy groups -OCH3 is 1. The molecule has 55 heavy (non-hydrogen) atoms. The van der Waals surface area contributed by atoms with Gasteiger partial charge in [0.25, 0.3) is 0 Å². The predicted molar refractivity (Wildman–Crippen MR) is 205 cm³/mol. The molecule has 4 bridgehead atoms. The molecule has 4 aliphatic heterocycles. The largest absolute Gasteiger partial charge is 0.508 e. The number of phenolic OH excluding ortho intramolecular Hbond substituents is 1. The lowest BCUT2D eigenvalue weighted by molar-refractivity contribution is 0.0176. The lowest BCUT2D eigenvalue weighted by Gasteiger charge is -2.42. The van der Waals surface area contributed by atoms with Crippen molar-refractivity contribution in [1.29, 1.82) is 0 Å². The highest BCUT2D eigenvalue weighted by molar-refractivity contribution is 6.18. The Morgan fingerprint density at radius 3 is 2.58 bits per heavy atom. The Morgan fingerprint density at radius 1 is 1.05 bits per heavy atom. The van der Waals surface area contributed by atoms with Crippen molar-refractivity contribution >= 4 is 38.4 Å². The van der Waals surface area contributed by atoms with Gasteiger partial charge in [0.15, 0.2) is 5.82 Å². The van der Waals surface area contributed by atoms with Gasteiger partial charge in [0.05, 0.1) is 30.3 Å². The summed E-state index contributed by atoms with van der Waals surface area (Å²) in [7, 11) is 3.52. The fourth-order valence-corrected chi connectivity index (χ4v) is 9.97. The van der Waals surface area contributed by atoms with Crippen LogP contribution in [-0.2, 0) is 16.5 Å². The van der Waals surface area contributed by atoms with Crippen molar-refractivity contribution in [3.63, 3.8) is 0 Å². The predicted octanol–water partition coefficient (Wildman–Crippen LogP) is 5.62. The number of aromatic hydroxyl groups is 1. The van der Waals surface area contributed by atoms with Crippen molar-refractivity contribution in [2.24, 2.45) is 12.5 Å². The molecular formula is C42H45F2N7O4. The van der Waals surface area contributed by atoms with Gasteiger partial charge < -0.3 is 24.2 Å². The third-order valence-corrected chi connectivity index (χ3v) is 12.7. The number of hydrogen-bond acceptors (Lipinski definition) is 10. The van der Waals surface area contributed by atoms with E-state index in [0.717, 1.165) is 77.9 Å². The minimum Gasteiger partial charge on any atom is -0.508 e. The topological polar surface area (TPSA) is 101 Å². The average molecular weight is 750 g/mol. The fraction of sp³-hybridized carbons (Fsp3) is 0.500. The quantitative estimate of drug-likeness (QED) is 0.135. The molecule has 1 N–H and O–H groups in total. The number of aromatic nitrogens is 4. The van der Waals surface area contributed by atoms with Crippen LogP contribution in [0.5, 0.6) is 11.8 Å². The second-order valence-electron chi connectivity index (χ2n) is 16.4. The average Bonchev–Trinajstić information content (AvgIpc) is 3.44. The number of anilines is 1. The van der Waals surface area contributed by atoms with Crippen LogP contribution in [0.4, 0.5) is 14.6 Å². The summed E-state index contributed by atoms with van der Waals surface area (Å²) < 4.78 is 52.5. The van der Waals surface area contributed by atoms with E-state index in [-0.39, 0.29) is 51.5 Å². The fourth-order valence-electron chi connectivity index (χ4n) is 9.97. The summed E-state index contributed by atoms with van der Waals surface area (Å²) in [5.74, 6) is 1.73. The van der Waals surface area contributed by atoms with Gasteiger partial charge in [-0.05, 0) is 67.7 Å². The maximum absolute atomic E-state index is 17.8. The standard InChI is InChI=1S/C42H45F2N7O4/c1-4-30-33(43)9-6-24-14-28(52)16-31(34(24)30)35-37(44)39-36(32-20-48(2)47-38(32)35)40(51-25-7-8-26(51)18-49(17-25)12-5-13-53-3)46-41(45-39)55-23-42(10-11-42)22-50-19-29-15-27(50)21-54-29/h1,6,9,14,16,20,25-27,29,52H,5,7-8,10-13,15,17-19,21-23H2,2-3H3/t25-,26+,27-,29-/m1/s1. The zero-order valence-corrected chi connectivity index (χ0v) is 31.2. The number of terminal acetylenes is 1. The highest BCUT2D eigenvalue weighted by Gasteiger charge is 2.50. The minimum atomic E-state index is -0.659. The van der Waals surface area contributed by atoms with Crippen molar-refractivity contribution in [2.45, 2.75) is 62.8 Å². The molecule has 11 nitrogen and oxygen atoms in total. The molecule has 6 heterocycles. The molecule has 1 saturated carbocycles. The molecule has 4 saturated heterocycles. The molecule has 4 atom stereocenters. The van der Waals surface area contributed by atoms with Crippen LogP contribution in [0, 0.1) is 29.4 Å². The van der Waals surface area contributed by atoms with Crippen molar-refractivity contribution in [3.8, 4) is 35.2 Å².